The van der Waals surface area contributed by atoms with Crippen molar-refractivity contribution in [2.45, 2.75) is 188 Å². The fraction of sp³-hybridized carbons (Fsp3) is 0.829. The van der Waals surface area contributed by atoms with Gasteiger partial charge in [0.05, 0.1) is 31.3 Å². The smallest absolute Gasteiger partial charge is 0.426 e. The predicted octanol–water partition coefficient (Wildman–Crippen LogP) is 0.980. The van der Waals surface area contributed by atoms with E-state index in [1.165, 1.54) is 72.8 Å². The number of unbranched alkanes of at least 4 members (excludes halogenated alkanes) is 10. The molecule has 0 fully saturated rings. The van der Waals surface area contributed by atoms with Crippen LogP contribution < -0.4 is 31.9 Å². The summed E-state index contributed by atoms with van der Waals surface area (Å²) in [5, 5.41) is 43.6. The average Bonchev–Trinajstić information content (AvgIpc) is 3.15. The third-order valence-electron chi connectivity index (χ3n) is 9.60. The quantitative estimate of drug-likeness (QED) is 0.0351. The summed E-state index contributed by atoms with van der Waals surface area (Å²) in [4.78, 5) is 91.9. The van der Waals surface area contributed by atoms with E-state index >= 15 is 0 Å². The van der Waals surface area contributed by atoms with Crippen LogP contribution in [0.3, 0.4) is 0 Å². The number of aliphatic hydroxyl groups is 1. The third kappa shape index (κ3) is 25.7. The van der Waals surface area contributed by atoms with Crippen molar-refractivity contribution in [3.8, 4) is 0 Å². The molecule has 0 aromatic heterocycles. The number of nitrogens with one attached hydrogen (secondary N) is 6. The summed E-state index contributed by atoms with van der Waals surface area (Å²) in [6.07, 6.45) is 11.2. The number of nitrogens with zero attached hydrogens (tertiary/aromatic N) is 1. The molecule has 0 aliphatic rings. The van der Waals surface area contributed by atoms with E-state index in [4.69, 9.17) is 14.8 Å². The number of ether oxygens (including phenoxy) is 1. The number of hydrogen-bond acceptors (Lipinski definition) is 11. The Morgan fingerprint density at radius 1 is 0.650 bits per heavy atom. The molecule has 7 amide bonds. The largest absolute Gasteiger partial charge is 0.472 e. The first-order chi connectivity index (χ1) is 28.0. The maximum atomic E-state index is 13.3. The molecule has 0 bridgehead atoms. The van der Waals surface area contributed by atoms with Crippen LogP contribution in [-0.4, -0.2) is 137 Å². The Morgan fingerprint density at radius 2 is 1.17 bits per heavy atom. The molecule has 0 rings (SSSR count). The van der Waals surface area contributed by atoms with Crippen molar-refractivity contribution in [2.24, 2.45) is 5.92 Å². The van der Waals surface area contributed by atoms with Crippen LogP contribution >= 0.6 is 0 Å². The van der Waals surface area contributed by atoms with Gasteiger partial charge in [-0.2, -0.15) is 0 Å². The number of aliphatic hydroxyl groups excluding tert-OH is 1. The van der Waals surface area contributed by atoms with E-state index in [1.54, 1.807) is 0 Å². The van der Waals surface area contributed by atoms with Crippen molar-refractivity contribution < 1.29 is 53.5 Å². The highest BCUT2D eigenvalue weighted by Crippen LogP contribution is 2.13. The lowest BCUT2D eigenvalue weighted by atomic mass is 9.92. The molecule has 0 saturated carbocycles. The second-order valence-corrected chi connectivity index (χ2v) is 17.1. The number of carbonyl (C=O) groups is 7. The molecule has 19 heteroatoms. The Labute approximate surface area is 358 Å². The van der Waals surface area contributed by atoms with Gasteiger partial charge in [0, 0.05) is 13.5 Å². The minimum Gasteiger partial charge on any atom is -0.426 e. The van der Waals surface area contributed by atoms with Gasteiger partial charge in [0.2, 0.25) is 41.4 Å². The standard InChI is InChI=1S/C41H78BN7O11/c1-11-12-13-14-15-16-17-18-19-20-21-22-33(51)47-32(25-60-41(7,8)9)39(56)45-28(4)36(53)43-24-34(52)49(10)35(30(6)50)40(57)46-29(5)37(54)48-31(23-27(2)3)38(55)44-26-42(58)59/h27-32,35,50,58-59H,11-26H2,1-10H3,(H,43,53)(H,44,55)(H,45,56)(H,46,57)(H,47,51)(H,48,54)/t28-,29+,30?,31+,32-,35+/m1/s1. The fourth-order valence-corrected chi connectivity index (χ4v) is 6.11. The van der Waals surface area contributed by atoms with Crippen molar-refractivity contribution in [1.29, 1.82) is 0 Å². The summed E-state index contributed by atoms with van der Waals surface area (Å²) in [5.74, 6) is -4.78. The van der Waals surface area contributed by atoms with Crippen LogP contribution in [0.2, 0.25) is 0 Å². The van der Waals surface area contributed by atoms with Crippen molar-refractivity contribution in [3.05, 3.63) is 0 Å². The van der Waals surface area contributed by atoms with E-state index in [9.17, 15) is 38.7 Å². The van der Waals surface area contributed by atoms with Gasteiger partial charge >= 0.3 is 7.12 Å². The van der Waals surface area contributed by atoms with Gasteiger partial charge in [0.25, 0.3) is 0 Å². The first kappa shape index (κ1) is 56.2. The second-order valence-electron chi connectivity index (χ2n) is 17.1. The van der Waals surface area contributed by atoms with Gasteiger partial charge in [-0.25, -0.2) is 0 Å². The molecule has 0 aliphatic heterocycles. The SMILES string of the molecule is CCCCCCCCCCCCCC(=O)N[C@H](COC(C)(C)C)C(=O)N[C@H](C)C(=O)NCC(=O)N(C)[C@H](C(=O)N[C@@H](C)C(=O)N[C@@H](CC(C)C)C(=O)NCB(O)O)C(C)O. The van der Waals surface area contributed by atoms with Gasteiger partial charge in [-0.3, -0.25) is 33.6 Å². The predicted molar refractivity (Wildman–Crippen MR) is 230 cm³/mol. The summed E-state index contributed by atoms with van der Waals surface area (Å²) in [6, 6.07) is -5.97. The van der Waals surface area contributed by atoms with Gasteiger partial charge in [-0.05, 0) is 60.3 Å². The molecule has 0 spiro atoms. The van der Waals surface area contributed by atoms with Gasteiger partial charge in [-0.1, -0.05) is 85.0 Å². The zero-order chi connectivity index (χ0) is 46.0. The molecule has 1 unspecified atom stereocenters. The summed E-state index contributed by atoms with van der Waals surface area (Å²) < 4.78 is 5.79. The molecule has 0 radical (unpaired) electrons. The summed E-state index contributed by atoms with van der Waals surface area (Å²) in [5.41, 5.74) is -0.610. The lowest BCUT2D eigenvalue weighted by Crippen LogP contribution is -2.59. The molecule has 0 aromatic carbocycles. The van der Waals surface area contributed by atoms with Crippen LogP contribution in [0.1, 0.15) is 146 Å². The van der Waals surface area contributed by atoms with E-state index in [0.717, 1.165) is 24.2 Å². The normalized spacial score (nSPS) is 14.4. The first-order valence-electron chi connectivity index (χ1n) is 21.7. The summed E-state index contributed by atoms with van der Waals surface area (Å²) in [6.45, 7) is 14.5. The minimum atomic E-state index is -1.79. The summed E-state index contributed by atoms with van der Waals surface area (Å²) >= 11 is 0. The Bertz CT molecular complexity index is 1330. The van der Waals surface area contributed by atoms with Gasteiger partial charge < -0.3 is 56.7 Å². The maximum absolute atomic E-state index is 13.3. The van der Waals surface area contributed by atoms with Crippen LogP contribution in [0.4, 0.5) is 0 Å². The lowest BCUT2D eigenvalue weighted by Gasteiger charge is -2.31. The van der Waals surface area contributed by atoms with Crippen molar-refractivity contribution >= 4 is 48.5 Å². The molecular formula is C41H78BN7O11. The molecule has 346 valence electrons. The number of amides is 7. The van der Waals surface area contributed by atoms with Crippen LogP contribution in [0.15, 0.2) is 0 Å². The molecule has 0 heterocycles. The highest BCUT2D eigenvalue weighted by Gasteiger charge is 2.34. The van der Waals surface area contributed by atoms with Crippen LogP contribution in [-0.2, 0) is 38.3 Å². The Kier molecular flexibility index (Phi) is 28.3. The minimum absolute atomic E-state index is 0.0320. The Morgan fingerprint density at radius 3 is 1.67 bits per heavy atom. The number of carbonyl (C=O) groups excluding carboxylic acids is 7. The van der Waals surface area contributed by atoms with Crippen LogP contribution in [0.5, 0.6) is 0 Å². The van der Waals surface area contributed by atoms with Gasteiger partial charge in [0.1, 0.15) is 30.2 Å². The maximum Gasteiger partial charge on any atom is 0.472 e. The van der Waals surface area contributed by atoms with E-state index in [2.05, 4.69) is 38.8 Å². The molecule has 0 aliphatic carbocycles. The number of hydrogen-bond donors (Lipinski definition) is 9. The van der Waals surface area contributed by atoms with E-state index in [1.807, 2.05) is 34.6 Å². The molecule has 0 saturated heterocycles. The average molecular weight is 856 g/mol. The second kappa shape index (κ2) is 30.3. The highest BCUT2D eigenvalue weighted by molar-refractivity contribution is 6.41. The molecular weight excluding hydrogens is 777 g/mol. The molecule has 60 heavy (non-hydrogen) atoms. The van der Waals surface area contributed by atoms with E-state index in [-0.39, 0.29) is 31.3 Å². The highest BCUT2D eigenvalue weighted by atomic mass is 16.5. The van der Waals surface area contributed by atoms with Crippen LogP contribution in [0, 0.1) is 5.92 Å². The zero-order valence-corrected chi connectivity index (χ0v) is 38.0. The van der Waals surface area contributed by atoms with Crippen molar-refractivity contribution in [3.63, 3.8) is 0 Å². The molecule has 18 nitrogen and oxygen atoms in total. The molecule has 0 aromatic rings. The number of rotatable bonds is 31. The fourth-order valence-electron chi connectivity index (χ4n) is 6.11. The van der Waals surface area contributed by atoms with Gasteiger partial charge in [-0.15, -0.1) is 0 Å². The number of likely N-dealkylation sites (N-methyl/N-ethyl adjacent to an activating group) is 1. The van der Waals surface area contributed by atoms with Crippen molar-refractivity contribution in [1.82, 2.24) is 36.8 Å². The zero-order valence-electron chi connectivity index (χ0n) is 38.0. The van der Waals surface area contributed by atoms with E-state index in [0.29, 0.717) is 6.42 Å². The first-order valence-corrected chi connectivity index (χ1v) is 21.7. The lowest BCUT2D eigenvalue weighted by molar-refractivity contribution is -0.144. The topological polar surface area (TPSA) is 265 Å². The Balaban J connectivity index is 5.23. The van der Waals surface area contributed by atoms with Crippen molar-refractivity contribution in [2.75, 3.05) is 26.6 Å². The van der Waals surface area contributed by atoms with Crippen LogP contribution in [0.25, 0.3) is 0 Å². The molecule has 9 N–H and O–H groups in total. The van der Waals surface area contributed by atoms with Gasteiger partial charge in [0.15, 0.2) is 0 Å². The third-order valence-corrected chi connectivity index (χ3v) is 9.60. The Hall–Kier alpha value is -3.81. The summed E-state index contributed by atoms with van der Waals surface area (Å²) in [7, 11) is -0.554. The monoisotopic (exact) mass is 856 g/mol. The molecule has 6 atom stereocenters. The van der Waals surface area contributed by atoms with E-state index < -0.39 is 97.5 Å².